The Balaban J connectivity index is 1.64. The number of amides is 2. The van der Waals surface area contributed by atoms with Gasteiger partial charge in [0.2, 0.25) is 11.8 Å². The molecule has 1 aromatic heterocycles. The maximum atomic E-state index is 13.1. The third kappa shape index (κ3) is 5.79. The van der Waals surface area contributed by atoms with Crippen LogP contribution >= 0.6 is 11.3 Å². The molecule has 1 fully saturated rings. The molecule has 1 aromatic carbocycles. The van der Waals surface area contributed by atoms with E-state index in [0.717, 1.165) is 41.9 Å². The number of likely N-dealkylation sites (tertiary alicyclic amines) is 1. The van der Waals surface area contributed by atoms with Gasteiger partial charge in [-0.25, -0.2) is 4.98 Å². The minimum absolute atomic E-state index is 0.0210. The van der Waals surface area contributed by atoms with Crippen molar-refractivity contribution >= 4 is 23.2 Å². The van der Waals surface area contributed by atoms with E-state index in [-0.39, 0.29) is 30.2 Å². The molecule has 1 aliphatic rings. The first-order valence-corrected chi connectivity index (χ1v) is 12.1. The molecule has 0 radical (unpaired) electrons. The lowest BCUT2D eigenvalue weighted by Gasteiger charge is -2.37. The molecular formula is C24H33N3O4S. The highest BCUT2D eigenvalue weighted by Gasteiger charge is 2.32. The molecule has 0 aliphatic carbocycles. The van der Waals surface area contributed by atoms with Crippen molar-refractivity contribution in [1.29, 1.82) is 0 Å². The number of unbranched alkanes of at least 4 members (excludes halogenated alkanes) is 1. The second kappa shape index (κ2) is 11.3. The monoisotopic (exact) mass is 459 g/mol. The molecule has 8 heteroatoms. The van der Waals surface area contributed by atoms with Gasteiger partial charge in [0.05, 0.1) is 32.3 Å². The third-order valence-electron chi connectivity index (χ3n) is 5.92. The fourth-order valence-corrected chi connectivity index (χ4v) is 4.76. The summed E-state index contributed by atoms with van der Waals surface area (Å²) in [6, 6.07) is 5.80. The SMILES string of the molecule is CCCCNC(=O)C1CCC(C)N(C(=O)Cc2csc(-c3ccc(OC)c(OC)c3)n2)C1. The summed E-state index contributed by atoms with van der Waals surface area (Å²) in [6.07, 6.45) is 3.92. The Labute approximate surface area is 194 Å². The van der Waals surface area contributed by atoms with E-state index in [1.54, 1.807) is 14.2 Å². The Hall–Kier alpha value is -2.61. The summed E-state index contributed by atoms with van der Waals surface area (Å²) in [5.74, 6) is 1.25. The van der Waals surface area contributed by atoms with Crippen LogP contribution in [-0.4, -0.2) is 55.0 Å². The van der Waals surface area contributed by atoms with Crippen LogP contribution in [0.5, 0.6) is 11.5 Å². The number of aromatic nitrogens is 1. The van der Waals surface area contributed by atoms with Crippen LogP contribution < -0.4 is 14.8 Å². The van der Waals surface area contributed by atoms with Crippen molar-refractivity contribution in [3.8, 4) is 22.1 Å². The zero-order valence-electron chi connectivity index (χ0n) is 19.3. The maximum Gasteiger partial charge on any atom is 0.228 e. The molecular weight excluding hydrogens is 426 g/mol. The van der Waals surface area contributed by atoms with Crippen LogP contribution in [0.4, 0.5) is 0 Å². The molecule has 0 bridgehead atoms. The van der Waals surface area contributed by atoms with Gasteiger partial charge in [0, 0.05) is 30.1 Å². The van der Waals surface area contributed by atoms with Gasteiger partial charge in [-0.3, -0.25) is 9.59 Å². The van der Waals surface area contributed by atoms with E-state index in [1.807, 2.05) is 28.5 Å². The number of hydrogen-bond acceptors (Lipinski definition) is 6. The number of thiazole rings is 1. The lowest BCUT2D eigenvalue weighted by Crippen LogP contribution is -2.50. The summed E-state index contributed by atoms with van der Waals surface area (Å²) in [5, 5.41) is 5.76. The Morgan fingerprint density at radius 2 is 2.00 bits per heavy atom. The van der Waals surface area contributed by atoms with Gasteiger partial charge in [-0.15, -0.1) is 11.3 Å². The number of piperidine rings is 1. The number of carbonyl (C=O) groups excluding carboxylic acids is 2. The van der Waals surface area contributed by atoms with Gasteiger partial charge in [-0.05, 0) is 44.4 Å². The number of ether oxygens (including phenoxy) is 2. The molecule has 174 valence electrons. The summed E-state index contributed by atoms with van der Waals surface area (Å²) < 4.78 is 10.7. The van der Waals surface area contributed by atoms with Crippen molar-refractivity contribution in [2.45, 2.75) is 52.0 Å². The second-order valence-electron chi connectivity index (χ2n) is 8.20. The van der Waals surface area contributed by atoms with Crippen molar-refractivity contribution < 1.29 is 19.1 Å². The van der Waals surface area contributed by atoms with E-state index >= 15 is 0 Å². The van der Waals surface area contributed by atoms with Crippen LogP contribution in [0.1, 0.15) is 45.2 Å². The highest BCUT2D eigenvalue weighted by molar-refractivity contribution is 7.13. The quantitative estimate of drug-likeness (QED) is 0.575. The summed E-state index contributed by atoms with van der Waals surface area (Å²) in [7, 11) is 3.20. The molecule has 1 aliphatic heterocycles. The van der Waals surface area contributed by atoms with Crippen molar-refractivity contribution in [3.63, 3.8) is 0 Å². The summed E-state index contributed by atoms with van der Waals surface area (Å²) >= 11 is 1.50. The van der Waals surface area contributed by atoms with Gasteiger partial charge < -0.3 is 19.7 Å². The Morgan fingerprint density at radius 1 is 1.22 bits per heavy atom. The predicted octanol–water partition coefficient (Wildman–Crippen LogP) is 3.91. The van der Waals surface area contributed by atoms with Crippen LogP contribution in [-0.2, 0) is 16.0 Å². The summed E-state index contributed by atoms with van der Waals surface area (Å²) in [5.41, 5.74) is 1.66. The molecule has 3 rings (SSSR count). The molecule has 2 unspecified atom stereocenters. The number of rotatable bonds is 9. The Morgan fingerprint density at radius 3 is 2.72 bits per heavy atom. The second-order valence-corrected chi connectivity index (χ2v) is 9.06. The molecule has 32 heavy (non-hydrogen) atoms. The standard InChI is InChI=1S/C24H33N3O4S/c1-5-6-11-25-23(29)18-8-7-16(2)27(14-18)22(28)13-19-15-32-24(26-19)17-9-10-20(30-3)21(12-17)31-4/h9-10,12,15-16,18H,5-8,11,13-14H2,1-4H3,(H,25,29). The van der Waals surface area contributed by atoms with Gasteiger partial charge >= 0.3 is 0 Å². The minimum atomic E-state index is -0.134. The van der Waals surface area contributed by atoms with Crippen molar-refractivity contribution in [2.24, 2.45) is 5.92 Å². The molecule has 2 heterocycles. The number of hydrogen-bond donors (Lipinski definition) is 1. The van der Waals surface area contributed by atoms with Crippen molar-refractivity contribution in [2.75, 3.05) is 27.3 Å². The first-order valence-electron chi connectivity index (χ1n) is 11.2. The van der Waals surface area contributed by atoms with Gasteiger partial charge in [0.1, 0.15) is 5.01 Å². The topological polar surface area (TPSA) is 80.8 Å². The van der Waals surface area contributed by atoms with E-state index < -0.39 is 0 Å². The third-order valence-corrected chi connectivity index (χ3v) is 6.86. The van der Waals surface area contributed by atoms with E-state index in [9.17, 15) is 9.59 Å². The predicted molar refractivity (Wildman–Crippen MR) is 126 cm³/mol. The van der Waals surface area contributed by atoms with Gasteiger partial charge in [0.15, 0.2) is 11.5 Å². The van der Waals surface area contributed by atoms with Crippen LogP contribution in [0.2, 0.25) is 0 Å². The van der Waals surface area contributed by atoms with E-state index in [0.29, 0.717) is 24.6 Å². The molecule has 2 amide bonds. The number of nitrogens with one attached hydrogen (secondary N) is 1. The first-order chi connectivity index (χ1) is 15.5. The normalized spacial score (nSPS) is 18.3. The number of benzene rings is 1. The largest absolute Gasteiger partial charge is 0.493 e. The lowest BCUT2D eigenvalue weighted by atomic mass is 9.92. The van der Waals surface area contributed by atoms with Crippen molar-refractivity contribution in [1.82, 2.24) is 15.2 Å². The fraction of sp³-hybridized carbons (Fsp3) is 0.542. The average Bonchev–Trinajstić information content (AvgIpc) is 3.27. The molecule has 0 spiro atoms. The lowest BCUT2D eigenvalue weighted by molar-refractivity contribution is -0.137. The maximum absolute atomic E-state index is 13.1. The van der Waals surface area contributed by atoms with Crippen LogP contribution in [0.3, 0.4) is 0 Å². The average molecular weight is 460 g/mol. The number of methoxy groups -OCH3 is 2. The summed E-state index contributed by atoms with van der Waals surface area (Å²) in [6.45, 7) is 5.33. The van der Waals surface area contributed by atoms with E-state index in [1.165, 1.54) is 11.3 Å². The number of carbonyl (C=O) groups is 2. The van der Waals surface area contributed by atoms with Gasteiger partial charge in [0.25, 0.3) is 0 Å². The molecule has 1 saturated heterocycles. The highest BCUT2D eigenvalue weighted by Crippen LogP contribution is 2.33. The minimum Gasteiger partial charge on any atom is -0.493 e. The zero-order chi connectivity index (χ0) is 23.1. The van der Waals surface area contributed by atoms with Gasteiger partial charge in [-0.2, -0.15) is 0 Å². The Kier molecular flexibility index (Phi) is 8.50. The van der Waals surface area contributed by atoms with Crippen LogP contribution in [0, 0.1) is 5.92 Å². The van der Waals surface area contributed by atoms with Crippen molar-refractivity contribution in [3.05, 3.63) is 29.3 Å². The summed E-state index contributed by atoms with van der Waals surface area (Å²) in [4.78, 5) is 32.1. The van der Waals surface area contributed by atoms with Crippen LogP contribution in [0.25, 0.3) is 10.6 Å². The van der Waals surface area contributed by atoms with Crippen LogP contribution in [0.15, 0.2) is 23.6 Å². The Bertz CT molecular complexity index is 930. The van der Waals surface area contributed by atoms with E-state index in [2.05, 4.69) is 24.1 Å². The molecule has 0 saturated carbocycles. The highest BCUT2D eigenvalue weighted by atomic mass is 32.1. The smallest absolute Gasteiger partial charge is 0.228 e. The molecule has 2 aromatic rings. The fourth-order valence-electron chi connectivity index (χ4n) is 3.95. The molecule has 7 nitrogen and oxygen atoms in total. The number of nitrogens with zero attached hydrogens (tertiary/aromatic N) is 2. The van der Waals surface area contributed by atoms with E-state index in [4.69, 9.17) is 9.47 Å². The molecule has 1 N–H and O–H groups in total. The molecule has 2 atom stereocenters. The van der Waals surface area contributed by atoms with Gasteiger partial charge in [-0.1, -0.05) is 13.3 Å². The zero-order valence-corrected chi connectivity index (χ0v) is 20.2. The first kappa shape index (κ1) is 24.0.